The maximum absolute atomic E-state index is 11.3. The zero-order valence-electron chi connectivity index (χ0n) is 10.9. The molecule has 0 saturated carbocycles. The second kappa shape index (κ2) is 8.47. The van der Waals surface area contributed by atoms with Crippen molar-refractivity contribution >= 4 is 15.8 Å². The molecule has 0 aromatic rings. The molecule has 0 amide bonds. The van der Waals surface area contributed by atoms with Crippen LogP contribution in [0.15, 0.2) is 0 Å². The molecule has 0 bridgehead atoms. The minimum absolute atomic E-state index is 0.0813. The molecule has 6 heteroatoms. The quantitative estimate of drug-likeness (QED) is 0.492. The summed E-state index contributed by atoms with van der Waals surface area (Å²) in [6.07, 6.45) is 1.03. The van der Waals surface area contributed by atoms with Gasteiger partial charge in [0.15, 0.2) is 9.84 Å². The van der Waals surface area contributed by atoms with E-state index in [9.17, 15) is 13.2 Å². The largest absolute Gasteiger partial charge is 0.466 e. The van der Waals surface area contributed by atoms with Gasteiger partial charge >= 0.3 is 5.97 Å². The molecule has 0 aliphatic heterocycles. The van der Waals surface area contributed by atoms with Gasteiger partial charge in [0.1, 0.15) is 0 Å². The summed E-state index contributed by atoms with van der Waals surface area (Å²) in [6, 6.07) is -0.0813. The summed E-state index contributed by atoms with van der Waals surface area (Å²) in [6.45, 7) is 6.27. The van der Waals surface area contributed by atoms with Crippen LogP contribution < -0.4 is 5.32 Å². The smallest absolute Gasteiger partial charge is 0.305 e. The minimum Gasteiger partial charge on any atom is -0.466 e. The molecule has 0 fully saturated rings. The van der Waals surface area contributed by atoms with Gasteiger partial charge in [0.25, 0.3) is 0 Å². The monoisotopic (exact) mass is 265 g/mol. The molecule has 0 radical (unpaired) electrons. The number of hydrogen-bond acceptors (Lipinski definition) is 5. The number of ether oxygens (including phenoxy) is 1. The fourth-order valence-electron chi connectivity index (χ4n) is 1.37. The van der Waals surface area contributed by atoms with E-state index in [2.05, 4.69) is 5.32 Å². The lowest BCUT2D eigenvalue weighted by molar-refractivity contribution is -0.143. The normalized spacial score (nSPS) is 13.4. The topological polar surface area (TPSA) is 72.5 Å². The van der Waals surface area contributed by atoms with Crippen molar-refractivity contribution in [3.63, 3.8) is 0 Å². The Morgan fingerprint density at radius 2 is 2.00 bits per heavy atom. The Morgan fingerprint density at radius 3 is 2.53 bits per heavy atom. The third kappa shape index (κ3) is 9.12. The van der Waals surface area contributed by atoms with Crippen LogP contribution in [0.2, 0.25) is 0 Å². The molecule has 1 N–H and O–H groups in total. The Bertz CT molecular complexity index is 313. The van der Waals surface area contributed by atoms with Gasteiger partial charge in [-0.1, -0.05) is 6.92 Å². The third-order valence-corrected chi connectivity index (χ3v) is 4.19. The van der Waals surface area contributed by atoms with E-state index in [1.807, 2.05) is 6.92 Å². The predicted molar refractivity (Wildman–Crippen MR) is 67.7 cm³/mol. The fraction of sp³-hybridized carbons (Fsp3) is 0.909. The molecule has 0 heterocycles. The van der Waals surface area contributed by atoms with E-state index in [4.69, 9.17) is 4.74 Å². The van der Waals surface area contributed by atoms with Gasteiger partial charge in [-0.3, -0.25) is 4.79 Å². The van der Waals surface area contributed by atoms with Crippen LogP contribution >= 0.6 is 0 Å². The minimum atomic E-state index is -2.93. The Morgan fingerprint density at radius 1 is 1.35 bits per heavy atom. The van der Waals surface area contributed by atoms with Crippen LogP contribution in [0.3, 0.4) is 0 Å². The Kier molecular flexibility index (Phi) is 8.16. The molecule has 0 aromatic carbocycles. The maximum Gasteiger partial charge on any atom is 0.305 e. The van der Waals surface area contributed by atoms with E-state index in [0.717, 1.165) is 0 Å². The highest BCUT2D eigenvalue weighted by Crippen LogP contribution is 1.96. The number of sulfone groups is 1. The number of hydrogen-bond donors (Lipinski definition) is 1. The summed E-state index contributed by atoms with van der Waals surface area (Å²) in [5, 5.41) is 3.08. The van der Waals surface area contributed by atoms with Gasteiger partial charge in [0.05, 0.1) is 12.4 Å². The summed E-state index contributed by atoms with van der Waals surface area (Å²) in [5.74, 6) is 0.105. The predicted octanol–water partition coefficient (Wildman–Crippen LogP) is 0.742. The summed E-state index contributed by atoms with van der Waals surface area (Å²) in [5.41, 5.74) is 0. The summed E-state index contributed by atoms with van der Waals surface area (Å²) in [7, 11) is -2.93. The maximum atomic E-state index is 11.3. The second-order valence-electron chi connectivity index (χ2n) is 3.96. The highest BCUT2D eigenvalue weighted by Gasteiger charge is 2.12. The number of nitrogens with one attached hydrogen (secondary N) is 1. The Hall–Kier alpha value is -0.620. The summed E-state index contributed by atoms with van der Waals surface area (Å²) in [4.78, 5) is 11.0. The van der Waals surface area contributed by atoms with Crippen LogP contribution in [0.4, 0.5) is 0 Å². The number of carbonyl (C=O) groups is 1. The van der Waals surface area contributed by atoms with Crippen molar-refractivity contribution in [2.75, 3.05) is 24.7 Å². The lowest BCUT2D eigenvalue weighted by Gasteiger charge is -2.13. The Labute approximate surface area is 104 Å². The number of esters is 1. The van der Waals surface area contributed by atoms with Gasteiger partial charge < -0.3 is 10.1 Å². The van der Waals surface area contributed by atoms with E-state index in [1.165, 1.54) is 0 Å². The summed E-state index contributed by atoms with van der Waals surface area (Å²) < 4.78 is 27.4. The molecule has 0 aromatic heterocycles. The van der Waals surface area contributed by atoms with Crippen LogP contribution in [-0.2, 0) is 19.4 Å². The molecule has 1 unspecified atom stereocenters. The first-order valence-corrected chi connectivity index (χ1v) is 7.82. The van der Waals surface area contributed by atoms with Crippen LogP contribution in [-0.4, -0.2) is 45.1 Å². The van der Waals surface area contributed by atoms with Crippen LogP contribution in [0.25, 0.3) is 0 Å². The summed E-state index contributed by atoms with van der Waals surface area (Å²) >= 11 is 0. The highest BCUT2D eigenvalue weighted by molar-refractivity contribution is 7.91. The zero-order valence-corrected chi connectivity index (χ0v) is 11.7. The van der Waals surface area contributed by atoms with Crippen molar-refractivity contribution in [1.82, 2.24) is 5.32 Å². The van der Waals surface area contributed by atoms with Crippen LogP contribution in [0, 0.1) is 0 Å². The van der Waals surface area contributed by atoms with Crippen molar-refractivity contribution in [2.24, 2.45) is 0 Å². The standard InChI is InChI=1S/C11H23NO4S/c1-4-16-11(13)7-6-8-12-10(3)9-17(14,15)5-2/h10,12H,4-9H2,1-3H3. The first-order chi connectivity index (χ1) is 7.91. The molecule has 0 rings (SSSR count). The Balaban J connectivity index is 3.65. The zero-order chi connectivity index (χ0) is 13.3. The van der Waals surface area contributed by atoms with Crippen LogP contribution in [0.1, 0.15) is 33.6 Å². The van der Waals surface area contributed by atoms with E-state index >= 15 is 0 Å². The van der Waals surface area contributed by atoms with E-state index < -0.39 is 9.84 Å². The van der Waals surface area contributed by atoms with Crippen molar-refractivity contribution in [3.05, 3.63) is 0 Å². The molecule has 102 valence electrons. The van der Waals surface area contributed by atoms with E-state index in [0.29, 0.717) is 26.0 Å². The first kappa shape index (κ1) is 16.4. The number of carbonyl (C=O) groups excluding carboxylic acids is 1. The van der Waals surface area contributed by atoms with Gasteiger partial charge in [-0.05, 0) is 26.8 Å². The second-order valence-corrected chi connectivity index (χ2v) is 6.36. The lowest BCUT2D eigenvalue weighted by Crippen LogP contribution is -2.34. The molecule has 17 heavy (non-hydrogen) atoms. The van der Waals surface area contributed by atoms with Crippen molar-refractivity contribution in [1.29, 1.82) is 0 Å². The van der Waals surface area contributed by atoms with E-state index in [1.54, 1.807) is 13.8 Å². The molecule has 1 atom stereocenters. The molecular weight excluding hydrogens is 242 g/mol. The van der Waals surface area contributed by atoms with E-state index in [-0.39, 0.29) is 23.5 Å². The molecule has 5 nitrogen and oxygen atoms in total. The third-order valence-electron chi connectivity index (χ3n) is 2.30. The fourth-order valence-corrected chi connectivity index (χ4v) is 2.49. The first-order valence-electron chi connectivity index (χ1n) is 6.00. The average molecular weight is 265 g/mol. The lowest BCUT2D eigenvalue weighted by atomic mass is 10.3. The van der Waals surface area contributed by atoms with Gasteiger partial charge in [-0.25, -0.2) is 8.42 Å². The SMILES string of the molecule is CCOC(=O)CCCNC(C)CS(=O)(=O)CC. The highest BCUT2D eigenvalue weighted by atomic mass is 32.2. The van der Waals surface area contributed by atoms with Crippen molar-refractivity contribution in [2.45, 2.75) is 39.7 Å². The molecule has 0 spiro atoms. The van der Waals surface area contributed by atoms with Crippen molar-refractivity contribution in [3.8, 4) is 0 Å². The van der Waals surface area contributed by atoms with Gasteiger partial charge in [-0.2, -0.15) is 0 Å². The molecule has 0 aliphatic carbocycles. The molecule has 0 aliphatic rings. The average Bonchev–Trinajstić information content (AvgIpc) is 2.24. The number of rotatable bonds is 9. The van der Waals surface area contributed by atoms with Crippen LogP contribution in [0.5, 0.6) is 0 Å². The molecule has 0 saturated heterocycles. The van der Waals surface area contributed by atoms with Gasteiger partial charge in [0.2, 0.25) is 0 Å². The van der Waals surface area contributed by atoms with Crippen molar-refractivity contribution < 1.29 is 17.9 Å². The molecular formula is C11H23NO4S. The van der Waals surface area contributed by atoms with Gasteiger partial charge in [-0.15, -0.1) is 0 Å². The van der Waals surface area contributed by atoms with Gasteiger partial charge in [0, 0.05) is 18.2 Å².